The first kappa shape index (κ1) is 21.8. The van der Waals surface area contributed by atoms with Gasteiger partial charge in [0.25, 0.3) is 0 Å². The van der Waals surface area contributed by atoms with Gasteiger partial charge in [-0.1, -0.05) is 57.9 Å². The summed E-state index contributed by atoms with van der Waals surface area (Å²) in [7, 11) is 0. The fraction of sp³-hybridized carbons (Fsp3) is 0. The largest absolute Gasteiger partial charge is 0.409 e. The number of aromatic nitrogens is 1. The molecule has 0 bridgehead atoms. The minimum absolute atomic E-state index is 0. The molecule has 3 rings (SSSR count). The summed E-state index contributed by atoms with van der Waals surface area (Å²) < 4.78 is 5.39. The van der Waals surface area contributed by atoms with Crippen LogP contribution in [0.2, 0.25) is 0 Å². The Labute approximate surface area is 167 Å². The van der Waals surface area contributed by atoms with E-state index in [1.54, 1.807) is 48.5 Å². The van der Waals surface area contributed by atoms with E-state index in [0.29, 0.717) is 22.6 Å². The van der Waals surface area contributed by atoms with Gasteiger partial charge in [0.2, 0.25) is 0 Å². The fourth-order valence-electron chi connectivity index (χ4n) is 2.31. The zero-order valence-electron chi connectivity index (χ0n) is 13.8. The third-order valence-corrected chi connectivity index (χ3v) is 3.64. The second kappa shape index (κ2) is 9.46. The zero-order chi connectivity index (χ0) is 17.8. The molecule has 0 aliphatic carbocycles. The highest BCUT2D eigenvalue weighted by Gasteiger charge is 2.10. The van der Waals surface area contributed by atoms with E-state index in [4.69, 9.17) is 26.4 Å². The molecule has 6 N–H and O–H groups in total. The Morgan fingerprint density at radius 2 is 1.44 bits per heavy atom. The van der Waals surface area contributed by atoms with E-state index in [0.717, 1.165) is 11.1 Å². The summed E-state index contributed by atoms with van der Waals surface area (Å²) in [5.41, 5.74) is 14.5. The molecule has 0 amide bonds. The smallest absolute Gasteiger partial charge is 0.170 e. The van der Waals surface area contributed by atoms with Crippen molar-refractivity contribution in [1.29, 1.82) is 0 Å². The van der Waals surface area contributed by atoms with Gasteiger partial charge in [0, 0.05) is 28.3 Å². The van der Waals surface area contributed by atoms with E-state index in [1.165, 1.54) is 0 Å². The van der Waals surface area contributed by atoms with Gasteiger partial charge in [-0.25, -0.2) is 0 Å². The van der Waals surface area contributed by atoms with Crippen LogP contribution in [0.4, 0.5) is 0 Å². The molecule has 8 nitrogen and oxygen atoms in total. The molecule has 0 aliphatic rings. The molecule has 10 heteroatoms. The first-order chi connectivity index (χ1) is 12.1. The molecule has 0 saturated carbocycles. The van der Waals surface area contributed by atoms with E-state index in [-0.39, 0.29) is 36.5 Å². The number of nitrogens with two attached hydrogens (primary N) is 2. The summed E-state index contributed by atoms with van der Waals surface area (Å²) in [6.07, 6.45) is 0. The summed E-state index contributed by atoms with van der Waals surface area (Å²) in [4.78, 5) is 0. The zero-order valence-corrected chi connectivity index (χ0v) is 15.4. The Morgan fingerprint density at radius 1 is 0.815 bits per heavy atom. The molecule has 142 valence electrons. The number of rotatable bonds is 4. The number of benzene rings is 2. The van der Waals surface area contributed by atoms with E-state index in [9.17, 15) is 0 Å². The molecular weight excluding hydrogens is 393 g/mol. The van der Waals surface area contributed by atoms with Crippen molar-refractivity contribution in [2.45, 2.75) is 0 Å². The van der Waals surface area contributed by atoms with Crippen molar-refractivity contribution in [2.75, 3.05) is 0 Å². The summed E-state index contributed by atoms with van der Waals surface area (Å²) in [5, 5.41) is 27.5. The molecule has 0 aliphatic heterocycles. The fourth-order valence-corrected chi connectivity index (χ4v) is 2.31. The summed E-state index contributed by atoms with van der Waals surface area (Å²) in [6, 6.07) is 15.9. The maximum absolute atomic E-state index is 8.78. The van der Waals surface area contributed by atoms with Gasteiger partial charge in [0.05, 0.1) is 0 Å². The molecule has 1 aromatic heterocycles. The van der Waals surface area contributed by atoms with Gasteiger partial charge >= 0.3 is 0 Å². The first-order valence-corrected chi connectivity index (χ1v) is 7.25. The van der Waals surface area contributed by atoms with E-state index in [1.807, 2.05) is 6.07 Å². The van der Waals surface area contributed by atoms with Crippen molar-refractivity contribution in [3.63, 3.8) is 0 Å². The molecule has 2 aromatic carbocycles. The van der Waals surface area contributed by atoms with Crippen LogP contribution in [0.5, 0.6) is 0 Å². The van der Waals surface area contributed by atoms with Crippen LogP contribution in [0.3, 0.4) is 0 Å². The van der Waals surface area contributed by atoms with Crippen molar-refractivity contribution in [3.8, 4) is 22.6 Å². The monoisotopic (exact) mass is 409 g/mol. The molecule has 27 heavy (non-hydrogen) atoms. The quantitative estimate of drug-likeness (QED) is 0.225. The van der Waals surface area contributed by atoms with Crippen molar-refractivity contribution < 1.29 is 14.9 Å². The Morgan fingerprint density at radius 3 is 2.07 bits per heavy atom. The van der Waals surface area contributed by atoms with Crippen LogP contribution >= 0.6 is 24.8 Å². The SMILES string of the molecule is Cl.Cl.N/C(=N\O)c1ccc(-c2cc(-c3cccc(/C(N)=N/O)c3)on2)cc1. The Hall–Kier alpha value is -3.23. The highest BCUT2D eigenvalue weighted by Crippen LogP contribution is 2.26. The van der Waals surface area contributed by atoms with Gasteiger partial charge in [-0.3, -0.25) is 0 Å². The highest BCUT2D eigenvalue weighted by molar-refractivity contribution is 5.98. The average molecular weight is 410 g/mol. The third kappa shape index (κ3) is 4.69. The molecule has 3 aromatic rings. The van der Waals surface area contributed by atoms with Crippen LogP contribution in [0.1, 0.15) is 11.1 Å². The van der Waals surface area contributed by atoms with Gasteiger partial charge in [0.15, 0.2) is 17.4 Å². The highest BCUT2D eigenvalue weighted by atomic mass is 35.5. The van der Waals surface area contributed by atoms with E-state index >= 15 is 0 Å². The van der Waals surface area contributed by atoms with Crippen LogP contribution in [0, 0.1) is 0 Å². The Bertz CT molecular complexity index is 955. The van der Waals surface area contributed by atoms with Gasteiger partial charge in [0.1, 0.15) is 5.69 Å². The van der Waals surface area contributed by atoms with Crippen LogP contribution in [0.15, 0.2) is 69.4 Å². The van der Waals surface area contributed by atoms with Crippen molar-refractivity contribution in [2.24, 2.45) is 21.8 Å². The van der Waals surface area contributed by atoms with Gasteiger partial charge in [-0.05, 0) is 6.07 Å². The van der Waals surface area contributed by atoms with Gasteiger partial charge in [-0.15, -0.1) is 24.8 Å². The van der Waals surface area contributed by atoms with E-state index in [2.05, 4.69) is 15.5 Å². The van der Waals surface area contributed by atoms with E-state index < -0.39 is 0 Å². The number of nitrogens with zero attached hydrogens (tertiary/aromatic N) is 3. The number of oxime groups is 2. The first-order valence-electron chi connectivity index (χ1n) is 7.25. The maximum atomic E-state index is 8.78. The lowest BCUT2D eigenvalue weighted by molar-refractivity contribution is 0.318. The molecular formula is C17H17Cl2N5O3. The topological polar surface area (TPSA) is 143 Å². The predicted octanol–water partition coefficient (Wildman–Crippen LogP) is 3.04. The van der Waals surface area contributed by atoms with Gasteiger partial charge in [-0.2, -0.15) is 0 Å². The summed E-state index contributed by atoms with van der Waals surface area (Å²) >= 11 is 0. The molecule has 0 atom stereocenters. The molecule has 0 radical (unpaired) electrons. The Balaban J connectivity index is 0.00000182. The van der Waals surface area contributed by atoms with Crippen molar-refractivity contribution in [3.05, 3.63) is 65.7 Å². The third-order valence-electron chi connectivity index (χ3n) is 3.64. The molecule has 0 fully saturated rings. The standard InChI is InChI=1S/C17H15N5O3.2ClH/c18-16(20-23)11-6-4-10(5-7-11)14-9-15(25-22-14)12-2-1-3-13(8-12)17(19)21-24;;/h1-9,23-24H,(H2,18,20)(H2,19,21);2*1H. The molecule has 1 heterocycles. The molecule has 0 spiro atoms. The number of hydrogen-bond donors (Lipinski definition) is 4. The molecule has 0 saturated heterocycles. The lowest BCUT2D eigenvalue weighted by atomic mass is 10.1. The number of halogens is 2. The predicted molar refractivity (Wildman–Crippen MR) is 107 cm³/mol. The lowest BCUT2D eigenvalue weighted by Crippen LogP contribution is -2.12. The Kier molecular flexibility index (Phi) is 7.64. The van der Waals surface area contributed by atoms with Crippen molar-refractivity contribution >= 4 is 36.5 Å². The number of amidine groups is 2. The van der Waals surface area contributed by atoms with Crippen LogP contribution in [-0.2, 0) is 0 Å². The number of hydrogen-bond acceptors (Lipinski definition) is 6. The molecule has 0 unspecified atom stereocenters. The van der Waals surface area contributed by atoms with Crippen molar-refractivity contribution in [1.82, 2.24) is 5.16 Å². The second-order valence-electron chi connectivity index (χ2n) is 5.21. The second-order valence-corrected chi connectivity index (χ2v) is 5.21. The summed E-state index contributed by atoms with van der Waals surface area (Å²) in [5.74, 6) is 0.593. The normalized spacial score (nSPS) is 11.4. The lowest BCUT2D eigenvalue weighted by Gasteiger charge is -2.00. The maximum Gasteiger partial charge on any atom is 0.170 e. The van der Waals surface area contributed by atoms with Gasteiger partial charge < -0.3 is 26.4 Å². The van der Waals surface area contributed by atoms with Crippen LogP contribution in [-0.4, -0.2) is 27.2 Å². The van der Waals surface area contributed by atoms with Crippen LogP contribution < -0.4 is 11.5 Å². The minimum Gasteiger partial charge on any atom is -0.409 e. The average Bonchev–Trinajstić information content (AvgIpc) is 3.17. The van der Waals surface area contributed by atoms with Crippen LogP contribution in [0.25, 0.3) is 22.6 Å². The summed E-state index contributed by atoms with van der Waals surface area (Å²) in [6.45, 7) is 0. The minimum atomic E-state index is 0.